The first-order valence-electron chi connectivity index (χ1n) is 4.15. The van der Waals surface area contributed by atoms with Crippen molar-refractivity contribution in [2.75, 3.05) is 6.54 Å². The number of aliphatic imine (C=N–C) groups is 1. The summed E-state index contributed by atoms with van der Waals surface area (Å²) < 4.78 is 0. The maximum Gasteiger partial charge on any atom is 0.0433 e. The summed E-state index contributed by atoms with van der Waals surface area (Å²) in [4.78, 5) is 4.31. The summed E-state index contributed by atoms with van der Waals surface area (Å²) in [6, 6.07) is 0. The van der Waals surface area contributed by atoms with Gasteiger partial charge in [-0.3, -0.25) is 4.99 Å². The fourth-order valence-corrected chi connectivity index (χ4v) is 0.622. The van der Waals surface area contributed by atoms with Gasteiger partial charge in [0.05, 0.1) is 0 Å². The molecule has 0 saturated carbocycles. The molecule has 0 spiro atoms. The third kappa shape index (κ3) is 9.41. The van der Waals surface area contributed by atoms with Crippen molar-refractivity contribution in [3.63, 3.8) is 0 Å². The molecular weight excluding hydrogens is 134 g/mol. The first-order valence-corrected chi connectivity index (χ1v) is 4.15. The van der Waals surface area contributed by atoms with E-state index in [1.54, 1.807) is 0 Å². The lowest BCUT2D eigenvalue weighted by atomic mass is 9.97. The maximum absolute atomic E-state index is 4.31. The Balaban J connectivity index is 3.37. The zero-order chi connectivity index (χ0) is 8.74. The van der Waals surface area contributed by atoms with Crippen LogP contribution in [0.15, 0.2) is 17.6 Å². The van der Waals surface area contributed by atoms with E-state index in [0.29, 0.717) is 5.41 Å². The summed E-state index contributed by atoms with van der Waals surface area (Å²) in [6.45, 7) is 11.1. The van der Waals surface area contributed by atoms with Gasteiger partial charge in [0.25, 0.3) is 0 Å². The highest BCUT2D eigenvalue weighted by Gasteiger charge is 2.06. The van der Waals surface area contributed by atoms with Gasteiger partial charge in [0.15, 0.2) is 0 Å². The molecular formula is C10H19N. The molecule has 0 unspecified atom stereocenters. The second-order valence-corrected chi connectivity index (χ2v) is 3.95. The van der Waals surface area contributed by atoms with Crippen LogP contribution in [0.25, 0.3) is 0 Å². The van der Waals surface area contributed by atoms with Gasteiger partial charge in [-0.05, 0) is 24.5 Å². The zero-order valence-electron chi connectivity index (χ0n) is 7.93. The highest BCUT2D eigenvalue weighted by atomic mass is 14.7. The first-order chi connectivity index (χ1) is 5.06. The molecule has 0 heterocycles. The van der Waals surface area contributed by atoms with Gasteiger partial charge in [-0.1, -0.05) is 26.8 Å². The van der Waals surface area contributed by atoms with Crippen LogP contribution < -0.4 is 0 Å². The van der Waals surface area contributed by atoms with Crippen LogP contribution in [0.5, 0.6) is 0 Å². The van der Waals surface area contributed by atoms with Crippen molar-refractivity contribution in [1.82, 2.24) is 0 Å². The minimum atomic E-state index is 0.324. The van der Waals surface area contributed by atoms with Crippen molar-refractivity contribution in [1.29, 1.82) is 0 Å². The van der Waals surface area contributed by atoms with E-state index in [2.05, 4.69) is 32.3 Å². The molecule has 0 atom stereocenters. The Hall–Kier alpha value is -0.590. The molecule has 0 aliphatic carbocycles. The molecule has 0 aromatic carbocycles. The van der Waals surface area contributed by atoms with Crippen LogP contribution in [0, 0.1) is 5.41 Å². The molecule has 0 rings (SSSR count). The summed E-state index contributed by atoms with van der Waals surface area (Å²) in [5.41, 5.74) is 0.324. The fourth-order valence-electron chi connectivity index (χ4n) is 0.622. The normalized spacial score (nSPS) is 12.3. The third-order valence-corrected chi connectivity index (χ3v) is 1.19. The van der Waals surface area contributed by atoms with E-state index >= 15 is 0 Å². The van der Waals surface area contributed by atoms with Gasteiger partial charge in [-0.25, -0.2) is 0 Å². The van der Waals surface area contributed by atoms with Crippen LogP contribution in [0.1, 0.15) is 33.6 Å². The lowest BCUT2D eigenvalue weighted by Gasteiger charge is -2.13. The summed E-state index contributed by atoms with van der Waals surface area (Å²) in [6.07, 6.45) is 5.98. The van der Waals surface area contributed by atoms with Crippen LogP contribution in [-0.2, 0) is 0 Å². The number of nitrogens with zero attached hydrogens (tertiary/aromatic N) is 1. The highest BCUT2D eigenvalue weighted by molar-refractivity contribution is 5.57. The molecule has 0 saturated heterocycles. The molecule has 0 aliphatic heterocycles. The fraction of sp³-hybridized carbons (Fsp3) is 0.700. The largest absolute Gasteiger partial charge is 0.297 e. The van der Waals surface area contributed by atoms with Gasteiger partial charge >= 0.3 is 0 Å². The predicted octanol–water partition coefficient (Wildman–Crippen LogP) is 3.07. The molecule has 11 heavy (non-hydrogen) atoms. The van der Waals surface area contributed by atoms with Crippen LogP contribution in [0.2, 0.25) is 0 Å². The monoisotopic (exact) mass is 153 g/mol. The van der Waals surface area contributed by atoms with Gasteiger partial charge in [0.1, 0.15) is 0 Å². The van der Waals surface area contributed by atoms with Crippen molar-refractivity contribution < 1.29 is 0 Å². The first kappa shape index (κ1) is 10.4. The number of rotatable bonds is 4. The summed E-state index contributed by atoms with van der Waals surface area (Å²) in [7, 11) is 0. The Kier molecular flexibility index (Phi) is 4.84. The Morgan fingerprint density at radius 1 is 1.27 bits per heavy atom. The number of hydrogen-bond acceptors (Lipinski definition) is 1. The number of unbranched alkanes of at least 4 members (excludes halogenated alkanes) is 1. The van der Waals surface area contributed by atoms with Crippen molar-refractivity contribution in [2.24, 2.45) is 10.4 Å². The molecule has 0 aromatic rings. The molecule has 0 radical (unpaired) electrons. The van der Waals surface area contributed by atoms with Crippen molar-refractivity contribution in [3.8, 4) is 0 Å². The number of allylic oxidation sites excluding steroid dienone is 1. The Labute approximate surface area is 70.2 Å². The van der Waals surface area contributed by atoms with Gasteiger partial charge in [-0.15, -0.1) is 6.58 Å². The van der Waals surface area contributed by atoms with Crippen molar-refractivity contribution >= 4 is 6.21 Å². The molecule has 64 valence electrons. The predicted molar refractivity (Wildman–Crippen MR) is 52.2 cm³/mol. The van der Waals surface area contributed by atoms with Crippen molar-refractivity contribution in [2.45, 2.75) is 33.6 Å². The lowest BCUT2D eigenvalue weighted by molar-refractivity contribution is 0.430. The SMILES string of the molecule is C=CCCC=NCC(C)(C)C. The topological polar surface area (TPSA) is 12.4 Å². The second kappa shape index (κ2) is 5.11. The van der Waals surface area contributed by atoms with E-state index in [1.165, 1.54) is 0 Å². The summed E-state index contributed by atoms with van der Waals surface area (Å²) in [5.74, 6) is 0. The van der Waals surface area contributed by atoms with E-state index in [9.17, 15) is 0 Å². The minimum Gasteiger partial charge on any atom is -0.297 e. The lowest BCUT2D eigenvalue weighted by Crippen LogP contribution is -2.09. The van der Waals surface area contributed by atoms with E-state index in [-0.39, 0.29) is 0 Å². The molecule has 0 N–H and O–H groups in total. The van der Waals surface area contributed by atoms with Gasteiger partial charge in [0.2, 0.25) is 0 Å². The van der Waals surface area contributed by atoms with Crippen LogP contribution in [0.4, 0.5) is 0 Å². The smallest absolute Gasteiger partial charge is 0.0433 e. The van der Waals surface area contributed by atoms with Gasteiger partial charge in [-0.2, -0.15) is 0 Å². The van der Waals surface area contributed by atoms with E-state index in [1.807, 2.05) is 12.3 Å². The molecule has 0 bridgehead atoms. The van der Waals surface area contributed by atoms with Crippen LogP contribution in [0.3, 0.4) is 0 Å². The summed E-state index contributed by atoms with van der Waals surface area (Å²) >= 11 is 0. The van der Waals surface area contributed by atoms with E-state index in [4.69, 9.17) is 0 Å². The second-order valence-electron chi connectivity index (χ2n) is 3.95. The molecule has 0 aromatic heterocycles. The quantitative estimate of drug-likeness (QED) is 0.334. The van der Waals surface area contributed by atoms with E-state index < -0.39 is 0 Å². The minimum absolute atomic E-state index is 0.324. The molecule has 0 fully saturated rings. The standard InChI is InChI=1S/C10H19N/c1-5-6-7-8-11-9-10(2,3)4/h5,8H,1,6-7,9H2,2-4H3. The average molecular weight is 153 g/mol. The Morgan fingerprint density at radius 3 is 2.36 bits per heavy atom. The van der Waals surface area contributed by atoms with Crippen LogP contribution >= 0.6 is 0 Å². The van der Waals surface area contributed by atoms with E-state index in [0.717, 1.165) is 19.4 Å². The average Bonchev–Trinajstić information content (AvgIpc) is 1.85. The maximum atomic E-state index is 4.31. The molecule has 0 amide bonds. The third-order valence-electron chi connectivity index (χ3n) is 1.19. The molecule has 0 aliphatic rings. The highest BCUT2D eigenvalue weighted by Crippen LogP contribution is 2.12. The summed E-state index contributed by atoms with van der Waals surface area (Å²) in [5, 5.41) is 0. The van der Waals surface area contributed by atoms with Crippen LogP contribution in [-0.4, -0.2) is 12.8 Å². The number of hydrogen-bond donors (Lipinski definition) is 0. The Morgan fingerprint density at radius 2 is 1.91 bits per heavy atom. The van der Waals surface area contributed by atoms with Gasteiger partial charge < -0.3 is 0 Å². The zero-order valence-corrected chi connectivity index (χ0v) is 7.93. The van der Waals surface area contributed by atoms with Crippen molar-refractivity contribution in [3.05, 3.63) is 12.7 Å². The molecule has 1 nitrogen and oxygen atoms in total. The van der Waals surface area contributed by atoms with Gasteiger partial charge in [0, 0.05) is 6.54 Å². The molecule has 1 heteroatoms. The Bertz CT molecular complexity index is 128.